The third-order valence-corrected chi connectivity index (χ3v) is 5.60. The van der Waals surface area contributed by atoms with Gasteiger partial charge in [0.15, 0.2) is 5.92 Å². The van der Waals surface area contributed by atoms with E-state index in [0.717, 1.165) is 34.2 Å². The second-order valence-electron chi connectivity index (χ2n) is 6.72. The molecule has 1 heterocycles. The largest absolute Gasteiger partial charge is 0.352 e. The molecule has 1 aliphatic carbocycles. The van der Waals surface area contributed by atoms with Crippen molar-refractivity contribution in [2.24, 2.45) is 0 Å². The number of rotatable bonds is 6. The number of nitrogens with one attached hydrogen (secondary N) is 2. The fourth-order valence-corrected chi connectivity index (χ4v) is 3.93. The van der Waals surface area contributed by atoms with Crippen LogP contribution in [0.15, 0.2) is 48.5 Å². The highest BCUT2D eigenvalue weighted by Gasteiger charge is 2.26. The Kier molecular flexibility index (Phi) is 5.04. The molecular formula is C21H18N4O2S. The Morgan fingerprint density at radius 3 is 2.68 bits per heavy atom. The number of nitriles is 1. The molecule has 1 aromatic heterocycles. The highest BCUT2D eigenvalue weighted by atomic mass is 32.1. The third kappa shape index (κ3) is 4.02. The molecular weight excluding hydrogens is 372 g/mol. The van der Waals surface area contributed by atoms with Crippen molar-refractivity contribution in [3.63, 3.8) is 0 Å². The van der Waals surface area contributed by atoms with E-state index in [0.29, 0.717) is 5.01 Å². The predicted octanol–water partition coefficient (Wildman–Crippen LogP) is 2.97. The maximum absolute atomic E-state index is 12.4. The lowest BCUT2D eigenvalue weighted by Crippen LogP contribution is -2.39. The smallest absolute Gasteiger partial charge is 0.244 e. The number of nitrogens with zero attached hydrogens (tertiary/aromatic N) is 2. The molecule has 2 N–H and O–H groups in total. The van der Waals surface area contributed by atoms with Gasteiger partial charge in [-0.2, -0.15) is 5.26 Å². The van der Waals surface area contributed by atoms with E-state index in [1.807, 2.05) is 54.6 Å². The van der Waals surface area contributed by atoms with E-state index in [-0.39, 0.29) is 18.5 Å². The third-order valence-electron chi connectivity index (χ3n) is 4.52. The van der Waals surface area contributed by atoms with Crippen LogP contribution in [0.25, 0.3) is 21.3 Å². The van der Waals surface area contributed by atoms with Gasteiger partial charge in [-0.15, -0.1) is 11.3 Å². The number of carbonyl (C=O) groups is 2. The van der Waals surface area contributed by atoms with Crippen molar-refractivity contribution < 1.29 is 9.59 Å². The zero-order valence-electron chi connectivity index (χ0n) is 15.0. The molecule has 2 amide bonds. The van der Waals surface area contributed by atoms with Gasteiger partial charge in [0.2, 0.25) is 11.8 Å². The Morgan fingerprint density at radius 1 is 1.18 bits per heavy atom. The first-order valence-corrected chi connectivity index (χ1v) is 9.88. The summed E-state index contributed by atoms with van der Waals surface area (Å²) in [6, 6.07) is 18.1. The molecule has 1 atom stereocenters. The zero-order valence-corrected chi connectivity index (χ0v) is 15.8. The minimum atomic E-state index is -1.04. The number of carbonyl (C=O) groups excluding carboxylic acids is 2. The second-order valence-corrected chi connectivity index (χ2v) is 7.78. The van der Waals surface area contributed by atoms with Crippen LogP contribution in [-0.4, -0.2) is 29.4 Å². The number of thiazole rings is 1. The molecule has 1 aliphatic rings. The monoisotopic (exact) mass is 390 g/mol. The number of hydrogen-bond acceptors (Lipinski definition) is 5. The van der Waals surface area contributed by atoms with Crippen molar-refractivity contribution in [3.8, 4) is 17.2 Å². The van der Waals surface area contributed by atoms with Crippen molar-refractivity contribution in [2.45, 2.75) is 24.8 Å². The van der Waals surface area contributed by atoms with Crippen LogP contribution in [-0.2, 0) is 9.59 Å². The summed E-state index contributed by atoms with van der Waals surface area (Å²) >= 11 is 1.33. The van der Waals surface area contributed by atoms with Gasteiger partial charge in [0.1, 0.15) is 5.01 Å². The predicted molar refractivity (Wildman–Crippen MR) is 108 cm³/mol. The fourth-order valence-electron chi connectivity index (χ4n) is 2.88. The number of benzene rings is 2. The van der Waals surface area contributed by atoms with Crippen molar-refractivity contribution in [1.29, 1.82) is 5.26 Å². The molecule has 0 spiro atoms. The normalized spacial score (nSPS) is 14.2. The van der Waals surface area contributed by atoms with Gasteiger partial charge in [-0.25, -0.2) is 4.98 Å². The Labute approximate surface area is 166 Å². The van der Waals surface area contributed by atoms with Crippen LogP contribution >= 0.6 is 11.3 Å². The van der Waals surface area contributed by atoms with Crippen molar-refractivity contribution >= 4 is 33.4 Å². The van der Waals surface area contributed by atoms with E-state index in [4.69, 9.17) is 0 Å². The number of amides is 2. The summed E-state index contributed by atoms with van der Waals surface area (Å²) < 4.78 is 0.913. The molecule has 4 rings (SSSR count). The van der Waals surface area contributed by atoms with E-state index in [1.54, 1.807) is 0 Å². The van der Waals surface area contributed by atoms with Crippen LogP contribution in [0.3, 0.4) is 0 Å². The minimum absolute atomic E-state index is 0.128. The van der Waals surface area contributed by atoms with Gasteiger partial charge in [-0.1, -0.05) is 36.4 Å². The number of hydrogen-bond donors (Lipinski definition) is 2. The maximum Gasteiger partial charge on any atom is 0.244 e. The molecule has 0 saturated heterocycles. The maximum atomic E-state index is 12.4. The molecule has 140 valence electrons. The van der Waals surface area contributed by atoms with Crippen molar-refractivity contribution in [1.82, 2.24) is 15.6 Å². The van der Waals surface area contributed by atoms with Crippen LogP contribution < -0.4 is 10.6 Å². The second kappa shape index (κ2) is 7.79. The van der Waals surface area contributed by atoms with Crippen LogP contribution in [0.4, 0.5) is 0 Å². The van der Waals surface area contributed by atoms with Gasteiger partial charge in [-0.05, 0) is 36.1 Å². The van der Waals surface area contributed by atoms with Gasteiger partial charge >= 0.3 is 0 Å². The summed E-state index contributed by atoms with van der Waals surface area (Å²) in [5.41, 5.74) is 2.90. The molecule has 0 bridgehead atoms. The first kappa shape index (κ1) is 18.1. The minimum Gasteiger partial charge on any atom is -0.352 e. The Balaban J connectivity index is 1.50. The summed E-state index contributed by atoms with van der Waals surface area (Å²) in [7, 11) is 0. The lowest BCUT2D eigenvalue weighted by Gasteiger charge is -2.08. The van der Waals surface area contributed by atoms with E-state index in [9.17, 15) is 14.9 Å². The lowest BCUT2D eigenvalue weighted by molar-refractivity contribution is -0.126. The summed E-state index contributed by atoms with van der Waals surface area (Å²) in [5, 5.41) is 15.3. The van der Waals surface area contributed by atoms with Crippen molar-refractivity contribution in [3.05, 3.63) is 53.5 Å². The van der Waals surface area contributed by atoms with E-state index in [1.165, 1.54) is 11.3 Å². The summed E-state index contributed by atoms with van der Waals surface area (Å²) in [5.74, 6) is -1.77. The topological polar surface area (TPSA) is 94.9 Å². The zero-order chi connectivity index (χ0) is 19.5. The molecule has 28 heavy (non-hydrogen) atoms. The average molecular weight is 390 g/mol. The van der Waals surface area contributed by atoms with Gasteiger partial charge in [-0.3, -0.25) is 9.59 Å². The van der Waals surface area contributed by atoms with Gasteiger partial charge in [0, 0.05) is 6.04 Å². The highest BCUT2D eigenvalue weighted by Crippen LogP contribution is 2.31. The van der Waals surface area contributed by atoms with Gasteiger partial charge in [0.05, 0.1) is 22.8 Å². The standard InChI is InChI=1S/C21H18N4O2S/c22-11-16(20(27)23-12-19(26)24-15-7-8-15)21-25-17-9-6-14(10-18(17)28-21)13-4-2-1-3-5-13/h1-6,9-10,15-16H,7-8,12H2,(H,23,27)(H,24,26). The van der Waals surface area contributed by atoms with Gasteiger partial charge in [0.25, 0.3) is 0 Å². The van der Waals surface area contributed by atoms with Crippen molar-refractivity contribution in [2.75, 3.05) is 6.54 Å². The fraction of sp³-hybridized carbons (Fsp3) is 0.238. The lowest BCUT2D eigenvalue weighted by atomic mass is 10.1. The Bertz CT molecular complexity index is 1070. The first-order chi connectivity index (χ1) is 13.6. The van der Waals surface area contributed by atoms with E-state index < -0.39 is 11.8 Å². The van der Waals surface area contributed by atoms with E-state index >= 15 is 0 Å². The molecule has 7 heteroatoms. The molecule has 2 aromatic carbocycles. The van der Waals surface area contributed by atoms with Crippen LogP contribution in [0.1, 0.15) is 23.8 Å². The van der Waals surface area contributed by atoms with E-state index in [2.05, 4.69) is 15.6 Å². The average Bonchev–Trinajstić information content (AvgIpc) is 3.43. The Hall–Kier alpha value is -3.24. The molecule has 1 unspecified atom stereocenters. The van der Waals surface area contributed by atoms with Crippen LogP contribution in [0.2, 0.25) is 0 Å². The first-order valence-electron chi connectivity index (χ1n) is 9.06. The van der Waals surface area contributed by atoms with Gasteiger partial charge < -0.3 is 10.6 Å². The molecule has 6 nitrogen and oxygen atoms in total. The summed E-state index contributed by atoms with van der Waals surface area (Å²) in [6.45, 7) is -0.128. The number of aromatic nitrogens is 1. The molecule has 0 radical (unpaired) electrons. The molecule has 1 fully saturated rings. The molecule has 0 aliphatic heterocycles. The SMILES string of the molecule is N#CC(C(=O)NCC(=O)NC1CC1)c1nc2ccc(-c3ccccc3)cc2s1. The highest BCUT2D eigenvalue weighted by molar-refractivity contribution is 7.18. The summed E-state index contributed by atoms with van der Waals surface area (Å²) in [4.78, 5) is 28.6. The summed E-state index contributed by atoms with van der Waals surface area (Å²) in [6.07, 6.45) is 1.97. The quantitative estimate of drug-likeness (QED) is 0.676. The molecule has 3 aromatic rings. The van der Waals surface area contributed by atoms with Crippen LogP contribution in [0.5, 0.6) is 0 Å². The van der Waals surface area contributed by atoms with Crippen LogP contribution in [0, 0.1) is 11.3 Å². The number of fused-ring (bicyclic) bond motifs is 1. The Morgan fingerprint density at radius 2 is 1.96 bits per heavy atom. The molecule has 1 saturated carbocycles.